The lowest BCUT2D eigenvalue weighted by molar-refractivity contribution is -0.112. The second-order valence-electron chi connectivity index (χ2n) is 5.97. The van der Waals surface area contributed by atoms with Crippen molar-refractivity contribution in [3.05, 3.63) is 58.4 Å². The van der Waals surface area contributed by atoms with Crippen LogP contribution in [0.25, 0.3) is 0 Å². The first-order chi connectivity index (χ1) is 12.2. The third-order valence-electron chi connectivity index (χ3n) is 4.41. The number of aliphatic hydroxyl groups excluding tert-OH is 1. The zero-order chi connectivity index (χ0) is 19.2. The lowest BCUT2D eigenvalue weighted by Gasteiger charge is -2.19. The summed E-state index contributed by atoms with van der Waals surface area (Å²) >= 11 is 0. The number of nitriles is 1. The summed E-state index contributed by atoms with van der Waals surface area (Å²) < 4.78 is 74.0. The Morgan fingerprint density at radius 1 is 1.23 bits per heavy atom. The van der Waals surface area contributed by atoms with Crippen molar-refractivity contribution in [2.75, 3.05) is 0 Å². The van der Waals surface area contributed by atoms with Crippen molar-refractivity contribution in [2.45, 2.75) is 31.3 Å². The molecule has 0 saturated carbocycles. The Balaban J connectivity index is 2.13. The van der Waals surface area contributed by atoms with E-state index in [0.717, 1.165) is 31.2 Å². The molecule has 0 aromatic heterocycles. The molecule has 0 heterocycles. The Morgan fingerprint density at radius 3 is 2.54 bits per heavy atom. The molecule has 2 atom stereocenters. The van der Waals surface area contributed by atoms with Crippen LogP contribution in [-0.2, 0) is 0 Å². The molecule has 1 aliphatic carbocycles. The Labute approximate surface area is 145 Å². The predicted molar refractivity (Wildman–Crippen MR) is 80.9 cm³/mol. The molecule has 0 radical (unpaired) electrons. The second kappa shape index (κ2) is 6.25. The van der Waals surface area contributed by atoms with Crippen LogP contribution in [0.2, 0.25) is 0 Å². The fourth-order valence-corrected chi connectivity index (χ4v) is 3.08. The number of rotatable bonds is 3. The van der Waals surface area contributed by atoms with Gasteiger partial charge in [0.15, 0.2) is 0 Å². The normalized spacial score (nSPS) is 20.7. The SMILES string of the molecule is CC1c2ccc(Oc3cc(F)cc(C#N)c3)c(C(F)F)c2C(O)C1(F)F. The van der Waals surface area contributed by atoms with E-state index in [1.807, 2.05) is 0 Å². The van der Waals surface area contributed by atoms with Gasteiger partial charge in [0.25, 0.3) is 12.3 Å². The molecule has 0 amide bonds. The molecule has 3 rings (SSSR count). The number of benzene rings is 2. The minimum Gasteiger partial charge on any atom is -0.457 e. The number of hydrogen-bond acceptors (Lipinski definition) is 3. The summed E-state index contributed by atoms with van der Waals surface area (Å²) in [7, 11) is 0. The number of hydrogen-bond donors (Lipinski definition) is 1. The Morgan fingerprint density at radius 2 is 1.92 bits per heavy atom. The molecule has 1 N–H and O–H groups in total. The molecule has 0 bridgehead atoms. The summed E-state index contributed by atoms with van der Waals surface area (Å²) in [5.41, 5.74) is -1.64. The number of aliphatic hydroxyl groups is 1. The van der Waals surface area contributed by atoms with Crippen LogP contribution in [0.4, 0.5) is 22.0 Å². The quantitative estimate of drug-likeness (QED) is 0.756. The largest absolute Gasteiger partial charge is 0.457 e. The van der Waals surface area contributed by atoms with E-state index < -0.39 is 47.1 Å². The van der Waals surface area contributed by atoms with Gasteiger partial charge in [0.05, 0.1) is 17.2 Å². The van der Waals surface area contributed by atoms with Gasteiger partial charge in [-0.2, -0.15) is 5.26 Å². The van der Waals surface area contributed by atoms with E-state index in [9.17, 15) is 27.1 Å². The summed E-state index contributed by atoms with van der Waals surface area (Å²) in [5.74, 6) is -6.59. The molecule has 0 saturated heterocycles. The van der Waals surface area contributed by atoms with Crippen molar-refractivity contribution < 1.29 is 31.8 Å². The Bertz CT molecular complexity index is 907. The molecule has 1 aliphatic rings. The van der Waals surface area contributed by atoms with E-state index in [1.54, 1.807) is 6.07 Å². The fraction of sp³-hybridized carbons (Fsp3) is 0.278. The summed E-state index contributed by atoms with van der Waals surface area (Å²) in [6, 6.07) is 6.86. The highest BCUT2D eigenvalue weighted by Gasteiger charge is 2.54. The average Bonchev–Trinajstić information content (AvgIpc) is 2.74. The summed E-state index contributed by atoms with van der Waals surface area (Å²) in [5, 5.41) is 18.7. The van der Waals surface area contributed by atoms with E-state index in [0.29, 0.717) is 0 Å². The first-order valence-electron chi connectivity index (χ1n) is 7.56. The Kier molecular flexibility index (Phi) is 4.36. The van der Waals surface area contributed by atoms with Crippen molar-refractivity contribution in [1.82, 2.24) is 0 Å². The van der Waals surface area contributed by atoms with Gasteiger partial charge in [0, 0.05) is 17.5 Å². The topological polar surface area (TPSA) is 53.2 Å². The van der Waals surface area contributed by atoms with Crippen molar-refractivity contribution in [3.63, 3.8) is 0 Å². The standard InChI is InChI=1S/C18H12F5NO2/c1-8-12-2-3-13(26-11-5-9(7-24)4-10(19)6-11)15(17(20)21)14(12)16(25)18(8,22)23/h2-6,8,16-17,25H,1H3. The van der Waals surface area contributed by atoms with E-state index in [4.69, 9.17) is 10.00 Å². The zero-order valence-corrected chi connectivity index (χ0v) is 13.3. The smallest absolute Gasteiger partial charge is 0.284 e. The number of alkyl halides is 4. The molecule has 0 aliphatic heterocycles. The molecular formula is C18H12F5NO2. The van der Waals surface area contributed by atoms with E-state index in [-0.39, 0.29) is 16.9 Å². The molecule has 2 unspecified atom stereocenters. The molecule has 0 spiro atoms. The minimum atomic E-state index is -3.60. The lowest BCUT2D eigenvalue weighted by atomic mass is 9.98. The molecule has 26 heavy (non-hydrogen) atoms. The maximum atomic E-state index is 14.1. The van der Waals surface area contributed by atoms with Gasteiger partial charge in [0.2, 0.25) is 0 Å². The van der Waals surface area contributed by atoms with Gasteiger partial charge in [-0.05, 0) is 23.8 Å². The predicted octanol–water partition coefficient (Wildman–Crippen LogP) is 5.21. The lowest BCUT2D eigenvalue weighted by Crippen LogP contribution is -2.25. The monoisotopic (exact) mass is 369 g/mol. The first kappa shape index (κ1) is 18.1. The van der Waals surface area contributed by atoms with Crippen molar-refractivity contribution in [3.8, 4) is 17.6 Å². The highest BCUT2D eigenvalue weighted by Crippen LogP contribution is 2.55. The van der Waals surface area contributed by atoms with Gasteiger partial charge in [-0.3, -0.25) is 0 Å². The van der Waals surface area contributed by atoms with Gasteiger partial charge in [0.1, 0.15) is 23.4 Å². The van der Waals surface area contributed by atoms with Crippen LogP contribution >= 0.6 is 0 Å². The van der Waals surface area contributed by atoms with E-state index in [1.165, 1.54) is 6.07 Å². The van der Waals surface area contributed by atoms with Crippen LogP contribution in [0.3, 0.4) is 0 Å². The second-order valence-corrected chi connectivity index (χ2v) is 5.97. The molecule has 8 heteroatoms. The van der Waals surface area contributed by atoms with Gasteiger partial charge < -0.3 is 9.84 Å². The molecule has 0 fully saturated rings. The number of halogens is 5. The van der Waals surface area contributed by atoms with E-state index in [2.05, 4.69) is 0 Å². The zero-order valence-electron chi connectivity index (χ0n) is 13.3. The van der Waals surface area contributed by atoms with Crippen molar-refractivity contribution in [1.29, 1.82) is 5.26 Å². The van der Waals surface area contributed by atoms with Gasteiger partial charge in [-0.1, -0.05) is 13.0 Å². The van der Waals surface area contributed by atoms with Crippen LogP contribution in [0.15, 0.2) is 30.3 Å². The maximum Gasteiger partial charge on any atom is 0.284 e. The molecule has 2 aromatic rings. The highest BCUT2D eigenvalue weighted by molar-refractivity contribution is 5.54. The minimum absolute atomic E-state index is 0.0953. The van der Waals surface area contributed by atoms with Gasteiger partial charge >= 0.3 is 0 Å². The molecular weight excluding hydrogens is 357 g/mol. The summed E-state index contributed by atoms with van der Waals surface area (Å²) in [6.07, 6.45) is -5.61. The summed E-state index contributed by atoms with van der Waals surface area (Å²) in [6.45, 7) is 1.14. The van der Waals surface area contributed by atoms with Crippen molar-refractivity contribution >= 4 is 0 Å². The van der Waals surface area contributed by atoms with Gasteiger partial charge in [-0.25, -0.2) is 22.0 Å². The van der Waals surface area contributed by atoms with Gasteiger partial charge in [-0.15, -0.1) is 0 Å². The average molecular weight is 369 g/mol. The third kappa shape index (κ3) is 2.78. The third-order valence-corrected chi connectivity index (χ3v) is 4.41. The highest BCUT2D eigenvalue weighted by atomic mass is 19.3. The Hall–Kier alpha value is -2.66. The fourth-order valence-electron chi connectivity index (χ4n) is 3.08. The van der Waals surface area contributed by atoms with Crippen LogP contribution in [-0.4, -0.2) is 11.0 Å². The summed E-state index contributed by atoms with van der Waals surface area (Å²) in [4.78, 5) is 0. The maximum absolute atomic E-state index is 14.1. The molecule has 136 valence electrons. The van der Waals surface area contributed by atoms with E-state index >= 15 is 0 Å². The first-order valence-corrected chi connectivity index (χ1v) is 7.56. The van der Waals surface area contributed by atoms with Crippen molar-refractivity contribution in [2.24, 2.45) is 0 Å². The number of fused-ring (bicyclic) bond motifs is 1. The van der Waals surface area contributed by atoms with Crippen LogP contribution < -0.4 is 4.74 Å². The van der Waals surface area contributed by atoms with Crippen LogP contribution in [0.5, 0.6) is 11.5 Å². The molecule has 3 nitrogen and oxygen atoms in total. The number of ether oxygens (including phenoxy) is 1. The van der Waals surface area contributed by atoms with Crippen LogP contribution in [0, 0.1) is 17.1 Å². The van der Waals surface area contributed by atoms with Crippen LogP contribution in [0.1, 0.15) is 47.6 Å². The number of nitrogens with zero attached hydrogens (tertiary/aromatic N) is 1. The molecule has 2 aromatic carbocycles.